The minimum atomic E-state index is -0.256. The Morgan fingerprint density at radius 3 is 2.42 bits per heavy atom. The fourth-order valence-corrected chi connectivity index (χ4v) is 4.02. The summed E-state index contributed by atoms with van der Waals surface area (Å²) in [4.78, 5) is 25.9. The lowest BCUT2D eigenvalue weighted by molar-refractivity contribution is 0.0951. The van der Waals surface area contributed by atoms with Gasteiger partial charge in [0.05, 0.1) is 27.5 Å². The lowest BCUT2D eigenvalue weighted by atomic mass is 10.1. The molecule has 0 aliphatic carbocycles. The zero-order valence-corrected chi connectivity index (χ0v) is 18.1. The molecular formula is C24H22N4O2S. The number of nitrogens with zero attached hydrogens (tertiary/aromatic N) is 2. The van der Waals surface area contributed by atoms with Crippen LogP contribution in [0.5, 0.6) is 0 Å². The molecule has 7 heteroatoms. The third-order valence-corrected chi connectivity index (χ3v) is 5.90. The van der Waals surface area contributed by atoms with E-state index in [9.17, 15) is 9.59 Å². The molecule has 4 rings (SSSR count). The molecule has 2 aromatic carbocycles. The van der Waals surface area contributed by atoms with Crippen LogP contribution in [0.4, 0.5) is 5.69 Å². The van der Waals surface area contributed by atoms with Crippen molar-refractivity contribution < 1.29 is 9.59 Å². The Labute approximate surface area is 184 Å². The third-order valence-electron chi connectivity index (χ3n) is 5.03. The molecule has 156 valence electrons. The number of benzene rings is 2. The van der Waals surface area contributed by atoms with Crippen LogP contribution in [-0.2, 0) is 6.54 Å². The zero-order valence-electron chi connectivity index (χ0n) is 17.3. The van der Waals surface area contributed by atoms with Gasteiger partial charge in [-0.1, -0.05) is 36.4 Å². The number of amides is 2. The van der Waals surface area contributed by atoms with Gasteiger partial charge in [0.15, 0.2) is 0 Å². The molecule has 2 heterocycles. The lowest BCUT2D eigenvalue weighted by Gasteiger charge is -2.11. The normalized spacial score (nSPS) is 10.6. The fraction of sp³-hybridized carbons (Fsp3) is 0.125. The first-order valence-electron chi connectivity index (χ1n) is 9.87. The smallest absolute Gasteiger partial charge is 0.265 e. The maximum atomic E-state index is 12.9. The van der Waals surface area contributed by atoms with Gasteiger partial charge in [0.1, 0.15) is 0 Å². The molecule has 0 saturated heterocycles. The number of aryl methyl sites for hydroxylation is 1. The lowest BCUT2D eigenvalue weighted by Crippen LogP contribution is -2.25. The quantitative estimate of drug-likeness (QED) is 0.464. The largest absolute Gasteiger partial charge is 0.348 e. The van der Waals surface area contributed by atoms with Crippen LogP contribution in [0, 0.1) is 13.8 Å². The third kappa shape index (κ3) is 4.41. The second-order valence-electron chi connectivity index (χ2n) is 7.06. The van der Waals surface area contributed by atoms with Crippen LogP contribution >= 0.6 is 11.3 Å². The first-order valence-corrected chi connectivity index (χ1v) is 10.7. The Kier molecular flexibility index (Phi) is 5.95. The average molecular weight is 431 g/mol. The van der Waals surface area contributed by atoms with Gasteiger partial charge in [-0.3, -0.25) is 9.59 Å². The molecule has 2 N–H and O–H groups in total. The van der Waals surface area contributed by atoms with Gasteiger partial charge in [-0.15, -0.1) is 11.3 Å². The average Bonchev–Trinajstić information content (AvgIpc) is 3.42. The summed E-state index contributed by atoms with van der Waals surface area (Å²) in [5.41, 5.74) is 4.67. The number of rotatable bonds is 6. The first kappa shape index (κ1) is 20.6. The highest BCUT2D eigenvalue weighted by Gasteiger charge is 2.17. The molecule has 0 fully saturated rings. The van der Waals surface area contributed by atoms with Gasteiger partial charge >= 0.3 is 0 Å². The van der Waals surface area contributed by atoms with Crippen molar-refractivity contribution in [3.8, 4) is 5.69 Å². The predicted molar refractivity (Wildman–Crippen MR) is 123 cm³/mol. The number of hydrogen-bond acceptors (Lipinski definition) is 4. The molecule has 0 spiro atoms. The van der Waals surface area contributed by atoms with E-state index in [1.807, 2.05) is 60.3 Å². The van der Waals surface area contributed by atoms with Crippen LogP contribution in [0.25, 0.3) is 5.69 Å². The number of anilines is 1. The van der Waals surface area contributed by atoms with Gasteiger partial charge in [-0.05, 0) is 49.6 Å². The van der Waals surface area contributed by atoms with E-state index < -0.39 is 0 Å². The number of hydrogen-bond donors (Lipinski definition) is 2. The van der Waals surface area contributed by atoms with E-state index in [0.717, 1.165) is 22.6 Å². The molecule has 31 heavy (non-hydrogen) atoms. The van der Waals surface area contributed by atoms with Crippen molar-refractivity contribution in [2.45, 2.75) is 20.4 Å². The van der Waals surface area contributed by atoms with Crippen molar-refractivity contribution in [3.63, 3.8) is 0 Å². The maximum Gasteiger partial charge on any atom is 0.265 e. The minimum absolute atomic E-state index is 0.230. The van der Waals surface area contributed by atoms with Crippen molar-refractivity contribution in [3.05, 3.63) is 99.5 Å². The summed E-state index contributed by atoms with van der Waals surface area (Å²) in [7, 11) is 0. The topological polar surface area (TPSA) is 76.0 Å². The summed E-state index contributed by atoms with van der Waals surface area (Å²) in [6.45, 7) is 4.27. The molecule has 0 unspecified atom stereocenters. The summed E-state index contributed by atoms with van der Waals surface area (Å²) >= 11 is 1.35. The molecule has 0 saturated carbocycles. The SMILES string of the molecule is Cc1nn(-c2ccccc2)c(C)c1CNC(=O)c1ccccc1NC(=O)c1cccs1. The number of nitrogens with one attached hydrogen (secondary N) is 2. The number of thiophene rings is 1. The van der Waals surface area contributed by atoms with Gasteiger partial charge in [-0.2, -0.15) is 5.10 Å². The number of para-hydroxylation sites is 2. The Hall–Kier alpha value is -3.71. The van der Waals surface area contributed by atoms with Gasteiger partial charge in [0.2, 0.25) is 0 Å². The number of carbonyl (C=O) groups excluding carboxylic acids is 2. The van der Waals surface area contributed by atoms with Gasteiger partial charge in [0.25, 0.3) is 11.8 Å². The molecule has 2 amide bonds. The summed E-state index contributed by atoms with van der Waals surface area (Å²) in [5, 5.41) is 12.3. The molecule has 0 atom stereocenters. The highest BCUT2D eigenvalue weighted by molar-refractivity contribution is 7.12. The van der Waals surface area contributed by atoms with Crippen molar-refractivity contribution in [2.24, 2.45) is 0 Å². The molecule has 2 aromatic heterocycles. The summed E-state index contributed by atoms with van der Waals surface area (Å²) in [6, 6.07) is 20.4. The second-order valence-corrected chi connectivity index (χ2v) is 8.00. The van der Waals surface area contributed by atoms with Gasteiger partial charge < -0.3 is 10.6 Å². The highest BCUT2D eigenvalue weighted by Crippen LogP contribution is 2.20. The molecular weight excluding hydrogens is 408 g/mol. The Bertz CT molecular complexity index is 1210. The molecule has 6 nitrogen and oxygen atoms in total. The summed E-state index contributed by atoms with van der Waals surface area (Å²) in [5.74, 6) is -0.487. The van der Waals surface area contributed by atoms with Crippen LogP contribution in [0.15, 0.2) is 72.1 Å². The summed E-state index contributed by atoms with van der Waals surface area (Å²) < 4.78 is 1.88. The minimum Gasteiger partial charge on any atom is -0.348 e. The molecule has 0 aliphatic heterocycles. The molecule has 4 aromatic rings. The van der Waals surface area contributed by atoms with E-state index in [1.165, 1.54) is 11.3 Å². The van der Waals surface area contributed by atoms with E-state index in [-0.39, 0.29) is 11.8 Å². The first-order chi connectivity index (χ1) is 15.0. The van der Waals surface area contributed by atoms with Crippen LogP contribution in [0.2, 0.25) is 0 Å². The van der Waals surface area contributed by atoms with Crippen molar-refractivity contribution >= 4 is 28.8 Å². The van der Waals surface area contributed by atoms with Crippen molar-refractivity contribution in [1.29, 1.82) is 0 Å². The van der Waals surface area contributed by atoms with Crippen molar-refractivity contribution in [2.75, 3.05) is 5.32 Å². The second kappa shape index (κ2) is 8.97. The number of aromatic nitrogens is 2. The van der Waals surface area contributed by atoms with Gasteiger partial charge in [0, 0.05) is 17.8 Å². The van der Waals surface area contributed by atoms with E-state index in [2.05, 4.69) is 15.7 Å². The summed E-state index contributed by atoms with van der Waals surface area (Å²) in [6.07, 6.45) is 0. The van der Waals surface area contributed by atoms with Crippen LogP contribution in [-0.4, -0.2) is 21.6 Å². The van der Waals surface area contributed by atoms with Crippen molar-refractivity contribution in [1.82, 2.24) is 15.1 Å². The Morgan fingerprint density at radius 2 is 1.68 bits per heavy atom. The monoisotopic (exact) mass is 430 g/mol. The van der Waals surface area contributed by atoms with E-state index in [1.54, 1.807) is 30.3 Å². The number of carbonyl (C=O) groups is 2. The van der Waals surface area contributed by atoms with Crippen LogP contribution in [0.1, 0.15) is 37.0 Å². The fourth-order valence-electron chi connectivity index (χ4n) is 3.40. The molecule has 0 radical (unpaired) electrons. The van der Waals surface area contributed by atoms with E-state index in [4.69, 9.17) is 0 Å². The van der Waals surface area contributed by atoms with Crippen LogP contribution in [0.3, 0.4) is 0 Å². The Balaban J connectivity index is 1.50. The molecule has 0 aliphatic rings. The van der Waals surface area contributed by atoms with E-state index >= 15 is 0 Å². The van der Waals surface area contributed by atoms with Crippen LogP contribution < -0.4 is 10.6 Å². The standard InChI is InChI=1S/C24H22N4O2S/c1-16-20(17(2)28(27-16)18-9-4-3-5-10-18)15-25-23(29)19-11-6-7-12-21(19)26-24(30)22-13-8-14-31-22/h3-14H,15H2,1-2H3,(H,25,29)(H,26,30). The Morgan fingerprint density at radius 1 is 0.935 bits per heavy atom. The van der Waals surface area contributed by atoms with E-state index in [0.29, 0.717) is 22.7 Å². The predicted octanol–water partition coefficient (Wildman–Crippen LogP) is 4.73. The highest BCUT2D eigenvalue weighted by atomic mass is 32.1. The maximum absolute atomic E-state index is 12.9. The zero-order chi connectivity index (χ0) is 21.8. The van der Waals surface area contributed by atoms with Gasteiger partial charge in [-0.25, -0.2) is 4.68 Å². The molecule has 0 bridgehead atoms.